The second-order valence-corrected chi connectivity index (χ2v) is 4.02. The Morgan fingerprint density at radius 2 is 2.06 bits per heavy atom. The lowest BCUT2D eigenvalue weighted by atomic mass is 10.1. The predicted octanol–water partition coefficient (Wildman–Crippen LogP) is 2.56. The van der Waals surface area contributed by atoms with E-state index in [0.717, 1.165) is 5.56 Å². The maximum absolute atomic E-state index is 12.0. The van der Waals surface area contributed by atoms with E-state index in [1.165, 1.54) is 0 Å². The molecule has 0 fully saturated rings. The molecule has 0 aliphatic rings. The molecule has 3 rings (SSSR count). The number of nitrogens with zero attached hydrogens (tertiary/aromatic N) is 2. The first kappa shape index (κ1) is 10.7. The fraction of sp³-hybridized carbons (Fsp3) is 0.0714. The molecule has 88 valence electrons. The first-order chi connectivity index (χ1) is 8.75. The van der Waals surface area contributed by atoms with Gasteiger partial charge in [0.15, 0.2) is 0 Å². The van der Waals surface area contributed by atoms with Gasteiger partial charge in [0.05, 0.1) is 16.5 Å². The van der Waals surface area contributed by atoms with Gasteiger partial charge in [-0.3, -0.25) is 4.98 Å². The van der Waals surface area contributed by atoms with Crippen molar-refractivity contribution in [2.75, 3.05) is 0 Å². The summed E-state index contributed by atoms with van der Waals surface area (Å²) in [6, 6.07) is 9.12. The maximum Gasteiger partial charge on any atom is 0.347 e. The number of benzene rings is 1. The van der Waals surface area contributed by atoms with Gasteiger partial charge in [-0.25, -0.2) is 9.78 Å². The van der Waals surface area contributed by atoms with Crippen LogP contribution in [0.1, 0.15) is 5.56 Å². The Hall–Kier alpha value is -2.49. The van der Waals surface area contributed by atoms with E-state index < -0.39 is 0 Å². The van der Waals surface area contributed by atoms with Crippen LogP contribution in [-0.4, -0.2) is 9.97 Å². The van der Waals surface area contributed by atoms with Gasteiger partial charge in [-0.2, -0.15) is 0 Å². The van der Waals surface area contributed by atoms with Gasteiger partial charge in [0.25, 0.3) is 0 Å². The average molecular weight is 238 g/mol. The van der Waals surface area contributed by atoms with Gasteiger partial charge in [-0.05, 0) is 30.7 Å². The maximum atomic E-state index is 12.0. The number of fused-ring (bicyclic) bond motifs is 1. The largest absolute Gasteiger partial charge is 0.403 e. The lowest BCUT2D eigenvalue weighted by Gasteiger charge is -2.02. The normalized spacial score (nSPS) is 10.7. The van der Waals surface area contributed by atoms with Crippen LogP contribution < -0.4 is 5.63 Å². The molecule has 0 unspecified atom stereocenters. The van der Waals surface area contributed by atoms with Crippen LogP contribution in [0.3, 0.4) is 0 Å². The van der Waals surface area contributed by atoms with Crippen LogP contribution in [0.2, 0.25) is 0 Å². The number of pyridine rings is 1. The van der Waals surface area contributed by atoms with E-state index in [0.29, 0.717) is 22.4 Å². The summed E-state index contributed by atoms with van der Waals surface area (Å²) in [5.41, 5.74) is 1.84. The zero-order chi connectivity index (χ0) is 12.5. The molecule has 4 heteroatoms. The molecule has 0 aliphatic carbocycles. The number of aryl methyl sites for hydroxylation is 1. The van der Waals surface area contributed by atoms with E-state index in [4.69, 9.17) is 4.42 Å². The van der Waals surface area contributed by atoms with Crippen molar-refractivity contribution in [1.82, 2.24) is 9.97 Å². The van der Waals surface area contributed by atoms with Crippen molar-refractivity contribution >= 4 is 10.9 Å². The van der Waals surface area contributed by atoms with Gasteiger partial charge in [0.1, 0.15) is 0 Å². The number of aromatic nitrogens is 2. The van der Waals surface area contributed by atoms with Crippen molar-refractivity contribution in [1.29, 1.82) is 0 Å². The molecule has 0 spiro atoms. The fourth-order valence-corrected chi connectivity index (χ4v) is 1.89. The standard InChI is InChI=1S/C14H10N2O2/c1-9-4-2-6-11-12(9)14(17)18-13(16-11)10-5-3-7-15-8-10/h2-8H,1H3. The second-order valence-electron chi connectivity index (χ2n) is 4.02. The SMILES string of the molecule is Cc1cccc2nc(-c3cccnc3)oc(=O)c12. The molecular formula is C14H10N2O2. The molecule has 0 radical (unpaired) electrons. The predicted molar refractivity (Wildman–Crippen MR) is 68.2 cm³/mol. The van der Waals surface area contributed by atoms with Gasteiger partial charge in [0, 0.05) is 12.4 Å². The third kappa shape index (κ3) is 1.68. The molecule has 0 saturated heterocycles. The highest BCUT2D eigenvalue weighted by molar-refractivity contribution is 5.81. The highest BCUT2D eigenvalue weighted by Crippen LogP contribution is 2.18. The van der Waals surface area contributed by atoms with Crippen LogP contribution in [0, 0.1) is 6.92 Å². The van der Waals surface area contributed by atoms with Crippen LogP contribution in [0.25, 0.3) is 22.4 Å². The zero-order valence-corrected chi connectivity index (χ0v) is 9.75. The Bertz CT molecular complexity index is 764. The summed E-state index contributed by atoms with van der Waals surface area (Å²) in [4.78, 5) is 20.3. The van der Waals surface area contributed by atoms with Crippen LogP contribution in [0.4, 0.5) is 0 Å². The minimum absolute atomic E-state index is 0.297. The summed E-state index contributed by atoms with van der Waals surface area (Å²) in [6.07, 6.45) is 3.28. The molecule has 1 aromatic carbocycles. The number of rotatable bonds is 1. The third-order valence-corrected chi connectivity index (χ3v) is 2.77. The van der Waals surface area contributed by atoms with E-state index in [1.54, 1.807) is 30.6 Å². The Labute approximate surface area is 103 Å². The van der Waals surface area contributed by atoms with Crippen LogP contribution >= 0.6 is 0 Å². The minimum atomic E-state index is -0.364. The van der Waals surface area contributed by atoms with Crippen LogP contribution in [0.5, 0.6) is 0 Å². The first-order valence-electron chi connectivity index (χ1n) is 5.56. The van der Waals surface area contributed by atoms with Crippen molar-refractivity contribution in [3.63, 3.8) is 0 Å². The number of hydrogen-bond donors (Lipinski definition) is 0. The van der Waals surface area contributed by atoms with Crippen molar-refractivity contribution < 1.29 is 4.42 Å². The summed E-state index contributed by atoms with van der Waals surface area (Å²) in [5, 5.41) is 0.533. The van der Waals surface area contributed by atoms with Gasteiger partial charge >= 0.3 is 5.63 Å². The highest BCUT2D eigenvalue weighted by Gasteiger charge is 2.09. The van der Waals surface area contributed by atoms with Gasteiger partial charge in [-0.1, -0.05) is 12.1 Å². The van der Waals surface area contributed by atoms with E-state index >= 15 is 0 Å². The molecule has 0 amide bonds. The molecule has 0 atom stereocenters. The quantitative estimate of drug-likeness (QED) is 0.653. The lowest BCUT2D eigenvalue weighted by Crippen LogP contribution is -2.04. The Kier molecular flexibility index (Phi) is 2.41. The molecular weight excluding hydrogens is 228 g/mol. The zero-order valence-electron chi connectivity index (χ0n) is 9.75. The van der Waals surface area contributed by atoms with E-state index in [-0.39, 0.29) is 5.63 Å². The van der Waals surface area contributed by atoms with E-state index in [1.807, 2.05) is 19.1 Å². The topological polar surface area (TPSA) is 56.0 Å². The summed E-state index contributed by atoms with van der Waals surface area (Å²) in [7, 11) is 0. The molecule has 18 heavy (non-hydrogen) atoms. The highest BCUT2D eigenvalue weighted by atomic mass is 16.4. The molecule has 0 N–H and O–H groups in total. The summed E-state index contributed by atoms with van der Waals surface area (Å²) >= 11 is 0. The van der Waals surface area contributed by atoms with Crippen molar-refractivity contribution in [3.8, 4) is 11.5 Å². The lowest BCUT2D eigenvalue weighted by molar-refractivity contribution is 0.518. The molecule has 0 bridgehead atoms. The van der Waals surface area contributed by atoms with E-state index in [9.17, 15) is 4.79 Å². The van der Waals surface area contributed by atoms with Gasteiger partial charge in [-0.15, -0.1) is 0 Å². The Morgan fingerprint density at radius 1 is 1.17 bits per heavy atom. The smallest absolute Gasteiger partial charge is 0.347 e. The van der Waals surface area contributed by atoms with Gasteiger partial charge in [0.2, 0.25) is 5.89 Å². The van der Waals surface area contributed by atoms with Crippen LogP contribution in [-0.2, 0) is 0 Å². The molecule has 2 aromatic heterocycles. The molecule has 4 nitrogen and oxygen atoms in total. The number of hydrogen-bond acceptors (Lipinski definition) is 4. The molecule has 3 aromatic rings. The average Bonchev–Trinajstić information content (AvgIpc) is 2.39. The molecule has 0 saturated carbocycles. The van der Waals surface area contributed by atoms with E-state index in [2.05, 4.69) is 9.97 Å². The van der Waals surface area contributed by atoms with Crippen LogP contribution in [0.15, 0.2) is 51.9 Å². The monoisotopic (exact) mass is 238 g/mol. The first-order valence-corrected chi connectivity index (χ1v) is 5.56. The Morgan fingerprint density at radius 3 is 2.83 bits per heavy atom. The molecule has 0 aliphatic heterocycles. The summed E-state index contributed by atoms with van der Waals surface area (Å²) < 4.78 is 5.25. The summed E-state index contributed by atoms with van der Waals surface area (Å²) in [6.45, 7) is 1.87. The van der Waals surface area contributed by atoms with Crippen molar-refractivity contribution in [2.45, 2.75) is 6.92 Å². The minimum Gasteiger partial charge on any atom is -0.403 e. The summed E-state index contributed by atoms with van der Waals surface area (Å²) in [5.74, 6) is 0.297. The van der Waals surface area contributed by atoms with Crippen molar-refractivity contribution in [2.24, 2.45) is 0 Å². The Balaban J connectivity index is 2.33. The third-order valence-electron chi connectivity index (χ3n) is 2.77. The molecule has 2 heterocycles. The second kappa shape index (κ2) is 4.07. The van der Waals surface area contributed by atoms with Gasteiger partial charge < -0.3 is 4.42 Å². The fourth-order valence-electron chi connectivity index (χ4n) is 1.89. The van der Waals surface area contributed by atoms with Crippen molar-refractivity contribution in [3.05, 3.63) is 58.7 Å².